The number of anilines is 1. The fraction of sp³-hybridized carbons (Fsp3) is 0.286. The first-order valence-corrected chi connectivity index (χ1v) is 9.34. The Balaban J connectivity index is 2.24. The molecular formula is C21H23N3O6. The van der Waals surface area contributed by atoms with Crippen LogP contribution in [0.25, 0.3) is 0 Å². The van der Waals surface area contributed by atoms with E-state index in [2.05, 4.69) is 21.9 Å². The molecule has 1 aromatic carbocycles. The van der Waals surface area contributed by atoms with Crippen molar-refractivity contribution in [1.82, 2.24) is 9.97 Å². The Morgan fingerprint density at radius 1 is 1.23 bits per heavy atom. The van der Waals surface area contributed by atoms with Crippen molar-refractivity contribution >= 4 is 11.8 Å². The number of benzene rings is 1. The molecule has 0 spiro atoms. The molecule has 158 valence electrons. The minimum Gasteiger partial charge on any atom is -0.493 e. The molecule has 0 fully saturated rings. The SMILES string of the molecule is C=CCOC(=O)C1=C(C)Nc2[nH]c(=O)[nH]c(=O)c2[C@H]1c1ccc(OCC)c(OC)c1. The molecule has 2 heterocycles. The van der Waals surface area contributed by atoms with E-state index in [4.69, 9.17) is 14.2 Å². The summed E-state index contributed by atoms with van der Waals surface area (Å²) in [5, 5.41) is 2.93. The van der Waals surface area contributed by atoms with Crippen LogP contribution in [0.15, 0.2) is 51.7 Å². The molecule has 9 heteroatoms. The standard InChI is InChI=1S/C21H23N3O6/c1-5-9-30-20(26)15-11(3)22-18-17(19(25)24-21(27)23-18)16(15)12-7-8-13(29-6-2)14(10-12)28-4/h5,7-8,10,16H,1,6,9H2,2-4H3,(H3,22,23,24,25,27)/t16-/m0/s1. The third-order valence-corrected chi connectivity index (χ3v) is 4.65. The van der Waals surface area contributed by atoms with E-state index in [0.717, 1.165) is 0 Å². The molecule has 9 nitrogen and oxygen atoms in total. The zero-order valence-electron chi connectivity index (χ0n) is 17.0. The fourth-order valence-electron chi connectivity index (χ4n) is 3.44. The lowest BCUT2D eigenvalue weighted by Gasteiger charge is -2.29. The van der Waals surface area contributed by atoms with Crippen LogP contribution in [0.4, 0.5) is 5.82 Å². The summed E-state index contributed by atoms with van der Waals surface area (Å²) >= 11 is 0. The molecule has 3 N–H and O–H groups in total. The number of esters is 1. The molecule has 0 radical (unpaired) electrons. The number of ether oxygens (including phenoxy) is 3. The van der Waals surface area contributed by atoms with E-state index in [0.29, 0.717) is 29.4 Å². The summed E-state index contributed by atoms with van der Waals surface area (Å²) in [4.78, 5) is 42.2. The van der Waals surface area contributed by atoms with Crippen LogP contribution in [0.5, 0.6) is 11.5 Å². The Morgan fingerprint density at radius 3 is 2.67 bits per heavy atom. The minimum atomic E-state index is -0.802. The van der Waals surface area contributed by atoms with Gasteiger partial charge in [0.1, 0.15) is 12.4 Å². The molecular weight excluding hydrogens is 390 g/mol. The predicted octanol–water partition coefficient (Wildman–Crippen LogP) is 2.03. The molecule has 0 saturated heterocycles. The van der Waals surface area contributed by atoms with Crippen molar-refractivity contribution < 1.29 is 19.0 Å². The second kappa shape index (κ2) is 8.73. The van der Waals surface area contributed by atoms with Gasteiger partial charge in [0.25, 0.3) is 5.56 Å². The zero-order valence-corrected chi connectivity index (χ0v) is 17.0. The van der Waals surface area contributed by atoms with Crippen molar-refractivity contribution in [3.05, 3.63) is 74.1 Å². The number of carbonyl (C=O) groups excluding carboxylic acids is 1. The maximum Gasteiger partial charge on any atom is 0.337 e. The molecule has 0 saturated carbocycles. The second-order valence-electron chi connectivity index (χ2n) is 6.52. The van der Waals surface area contributed by atoms with Gasteiger partial charge in [-0.1, -0.05) is 18.7 Å². The Kier molecular flexibility index (Phi) is 6.10. The number of aromatic nitrogens is 2. The van der Waals surface area contributed by atoms with Gasteiger partial charge in [-0.25, -0.2) is 9.59 Å². The minimum absolute atomic E-state index is 0.0176. The summed E-state index contributed by atoms with van der Waals surface area (Å²) < 4.78 is 16.2. The van der Waals surface area contributed by atoms with Crippen molar-refractivity contribution in [3.8, 4) is 11.5 Å². The molecule has 0 aliphatic carbocycles. The number of H-pyrrole nitrogens is 2. The molecule has 2 aromatic rings. The number of aromatic amines is 2. The monoisotopic (exact) mass is 413 g/mol. The van der Waals surface area contributed by atoms with Crippen LogP contribution in [-0.2, 0) is 9.53 Å². The maximum absolute atomic E-state index is 12.9. The molecule has 0 unspecified atom stereocenters. The summed E-state index contributed by atoms with van der Waals surface area (Å²) in [7, 11) is 1.50. The van der Waals surface area contributed by atoms with Gasteiger partial charge in [0.15, 0.2) is 11.5 Å². The van der Waals surface area contributed by atoms with Gasteiger partial charge in [-0.15, -0.1) is 0 Å². The Labute approximate surface area is 172 Å². The van der Waals surface area contributed by atoms with Gasteiger partial charge in [0.05, 0.1) is 30.8 Å². The largest absolute Gasteiger partial charge is 0.493 e. The predicted molar refractivity (Wildman–Crippen MR) is 111 cm³/mol. The highest BCUT2D eigenvalue weighted by Crippen LogP contribution is 2.41. The first-order valence-electron chi connectivity index (χ1n) is 9.34. The van der Waals surface area contributed by atoms with Gasteiger partial charge in [0.2, 0.25) is 0 Å². The third-order valence-electron chi connectivity index (χ3n) is 4.65. The number of fused-ring (bicyclic) bond motifs is 1. The lowest BCUT2D eigenvalue weighted by Crippen LogP contribution is -2.35. The topological polar surface area (TPSA) is 123 Å². The summed E-state index contributed by atoms with van der Waals surface area (Å²) in [5.74, 6) is -0.200. The van der Waals surface area contributed by atoms with Gasteiger partial charge >= 0.3 is 11.7 Å². The highest BCUT2D eigenvalue weighted by Gasteiger charge is 2.36. The molecule has 0 amide bonds. The highest BCUT2D eigenvalue weighted by molar-refractivity contribution is 5.94. The summed E-state index contributed by atoms with van der Waals surface area (Å²) in [6.45, 7) is 7.54. The molecule has 1 atom stereocenters. The van der Waals surface area contributed by atoms with Gasteiger partial charge < -0.3 is 19.5 Å². The van der Waals surface area contributed by atoms with E-state index in [-0.39, 0.29) is 23.6 Å². The van der Waals surface area contributed by atoms with Crippen LogP contribution in [-0.4, -0.2) is 36.3 Å². The van der Waals surface area contributed by atoms with Gasteiger partial charge in [-0.3, -0.25) is 14.8 Å². The summed E-state index contributed by atoms with van der Waals surface area (Å²) in [6, 6.07) is 5.15. The van der Waals surface area contributed by atoms with E-state index in [1.54, 1.807) is 25.1 Å². The highest BCUT2D eigenvalue weighted by atomic mass is 16.5. The molecule has 1 aliphatic heterocycles. The number of rotatable bonds is 7. The third kappa shape index (κ3) is 3.86. The second-order valence-corrected chi connectivity index (χ2v) is 6.52. The molecule has 1 aliphatic rings. The Bertz CT molecular complexity index is 1130. The maximum atomic E-state index is 12.9. The molecule has 0 bridgehead atoms. The van der Waals surface area contributed by atoms with Gasteiger partial charge in [-0.2, -0.15) is 0 Å². The van der Waals surface area contributed by atoms with Crippen molar-refractivity contribution in [3.63, 3.8) is 0 Å². The molecule has 1 aromatic heterocycles. The average Bonchev–Trinajstić information content (AvgIpc) is 2.71. The van der Waals surface area contributed by atoms with Crippen molar-refractivity contribution in [1.29, 1.82) is 0 Å². The van der Waals surface area contributed by atoms with Crippen LogP contribution in [0.1, 0.15) is 30.9 Å². The van der Waals surface area contributed by atoms with E-state index >= 15 is 0 Å². The number of nitrogens with one attached hydrogen (secondary N) is 3. The fourth-order valence-corrected chi connectivity index (χ4v) is 3.44. The quantitative estimate of drug-likeness (QED) is 0.469. The van der Waals surface area contributed by atoms with E-state index < -0.39 is 23.1 Å². The number of allylic oxidation sites excluding steroid dienone is 1. The van der Waals surface area contributed by atoms with Crippen LogP contribution in [0.3, 0.4) is 0 Å². The zero-order chi connectivity index (χ0) is 21.8. The smallest absolute Gasteiger partial charge is 0.337 e. The average molecular weight is 413 g/mol. The van der Waals surface area contributed by atoms with Crippen molar-refractivity contribution in [2.75, 3.05) is 25.6 Å². The van der Waals surface area contributed by atoms with Crippen LogP contribution < -0.4 is 26.0 Å². The van der Waals surface area contributed by atoms with Gasteiger partial charge in [0, 0.05) is 5.70 Å². The first-order chi connectivity index (χ1) is 14.4. The van der Waals surface area contributed by atoms with Crippen LogP contribution in [0, 0.1) is 0 Å². The van der Waals surface area contributed by atoms with E-state index in [1.165, 1.54) is 13.2 Å². The van der Waals surface area contributed by atoms with Crippen molar-refractivity contribution in [2.24, 2.45) is 0 Å². The number of methoxy groups -OCH3 is 1. The molecule has 30 heavy (non-hydrogen) atoms. The van der Waals surface area contributed by atoms with E-state index in [9.17, 15) is 14.4 Å². The lowest BCUT2D eigenvalue weighted by molar-refractivity contribution is -0.138. The Morgan fingerprint density at radius 2 is 2.00 bits per heavy atom. The Hall–Kier alpha value is -3.75. The molecule has 3 rings (SSSR count). The number of hydrogen-bond acceptors (Lipinski definition) is 7. The van der Waals surface area contributed by atoms with Crippen molar-refractivity contribution in [2.45, 2.75) is 19.8 Å². The first kappa shape index (κ1) is 21.0. The summed E-state index contributed by atoms with van der Waals surface area (Å²) in [6.07, 6.45) is 1.46. The summed E-state index contributed by atoms with van der Waals surface area (Å²) in [5.41, 5.74) is 0.224. The number of carbonyl (C=O) groups is 1. The lowest BCUT2D eigenvalue weighted by atomic mass is 9.82. The van der Waals surface area contributed by atoms with Crippen LogP contribution >= 0.6 is 0 Å². The normalized spacial score (nSPS) is 15.1. The van der Waals surface area contributed by atoms with Gasteiger partial charge in [-0.05, 0) is 31.5 Å². The van der Waals surface area contributed by atoms with E-state index in [1.807, 2.05) is 6.92 Å². The number of hydrogen-bond donors (Lipinski definition) is 3. The van der Waals surface area contributed by atoms with Crippen LogP contribution in [0.2, 0.25) is 0 Å².